The maximum Gasteiger partial charge on any atom is 0.239 e. The Bertz CT molecular complexity index is 172. The quantitative estimate of drug-likeness (QED) is 0.720. The molecule has 3 nitrogen and oxygen atoms in total. The van der Waals surface area contributed by atoms with Crippen LogP contribution < -0.4 is 5.73 Å². The Labute approximate surface area is 81.3 Å². The van der Waals surface area contributed by atoms with Gasteiger partial charge < -0.3 is 10.6 Å². The molecule has 0 radical (unpaired) electrons. The van der Waals surface area contributed by atoms with Crippen molar-refractivity contribution in [3.05, 3.63) is 0 Å². The van der Waals surface area contributed by atoms with Gasteiger partial charge in [-0.1, -0.05) is 27.7 Å². The van der Waals surface area contributed by atoms with E-state index in [1.54, 1.807) is 11.9 Å². The molecule has 0 saturated heterocycles. The molecule has 1 atom stereocenters. The van der Waals surface area contributed by atoms with E-state index in [0.717, 1.165) is 13.0 Å². The van der Waals surface area contributed by atoms with Gasteiger partial charge in [-0.25, -0.2) is 0 Å². The number of amides is 1. The van der Waals surface area contributed by atoms with E-state index in [1.165, 1.54) is 0 Å². The molecule has 78 valence electrons. The molecule has 1 amide bonds. The van der Waals surface area contributed by atoms with E-state index in [0.29, 0.717) is 0 Å². The molecule has 0 aromatic carbocycles. The van der Waals surface area contributed by atoms with Gasteiger partial charge in [0.25, 0.3) is 0 Å². The highest BCUT2D eigenvalue weighted by Gasteiger charge is 2.29. The number of rotatable bonds is 3. The van der Waals surface area contributed by atoms with Crippen molar-refractivity contribution < 1.29 is 4.79 Å². The van der Waals surface area contributed by atoms with Gasteiger partial charge in [0, 0.05) is 13.6 Å². The molecular weight excluding hydrogens is 164 g/mol. The molecule has 3 heteroatoms. The topological polar surface area (TPSA) is 46.3 Å². The van der Waals surface area contributed by atoms with Crippen LogP contribution in [0, 0.1) is 5.41 Å². The lowest BCUT2D eigenvalue weighted by atomic mass is 9.86. The molecule has 2 N–H and O–H groups in total. The van der Waals surface area contributed by atoms with Crippen LogP contribution in [0.15, 0.2) is 0 Å². The van der Waals surface area contributed by atoms with Crippen molar-refractivity contribution >= 4 is 5.91 Å². The van der Waals surface area contributed by atoms with Gasteiger partial charge in [-0.2, -0.15) is 0 Å². The van der Waals surface area contributed by atoms with Crippen LogP contribution in [-0.2, 0) is 4.79 Å². The summed E-state index contributed by atoms with van der Waals surface area (Å²) in [7, 11) is 1.80. The predicted molar refractivity (Wildman–Crippen MR) is 55.4 cm³/mol. The number of hydrogen-bond acceptors (Lipinski definition) is 2. The number of carbonyl (C=O) groups excluding carboxylic acids is 1. The lowest BCUT2D eigenvalue weighted by molar-refractivity contribution is -0.133. The van der Waals surface area contributed by atoms with Crippen LogP contribution in [0.4, 0.5) is 0 Å². The summed E-state index contributed by atoms with van der Waals surface area (Å²) in [6.07, 6.45) is 0.971. The highest BCUT2D eigenvalue weighted by molar-refractivity contribution is 5.82. The van der Waals surface area contributed by atoms with Gasteiger partial charge in [0.15, 0.2) is 0 Å². The largest absolute Gasteiger partial charge is 0.344 e. The first-order valence-corrected chi connectivity index (χ1v) is 4.81. The van der Waals surface area contributed by atoms with Crippen LogP contribution in [0.1, 0.15) is 34.1 Å². The molecule has 0 saturated carbocycles. The molecule has 0 spiro atoms. The molecule has 0 aliphatic heterocycles. The van der Waals surface area contributed by atoms with Gasteiger partial charge in [0.2, 0.25) is 5.91 Å². The molecular formula is C10H22N2O. The smallest absolute Gasteiger partial charge is 0.239 e. The van der Waals surface area contributed by atoms with E-state index in [1.807, 2.05) is 27.7 Å². The first-order valence-electron chi connectivity index (χ1n) is 4.81. The Morgan fingerprint density at radius 3 is 2.23 bits per heavy atom. The lowest BCUT2D eigenvalue weighted by Gasteiger charge is -2.29. The third-order valence-corrected chi connectivity index (χ3v) is 2.13. The Kier molecular flexibility index (Phi) is 4.40. The summed E-state index contributed by atoms with van der Waals surface area (Å²) >= 11 is 0. The standard InChI is InChI=1S/C10H22N2O/c1-6-7-12(5)9(13)8(11)10(2,3)4/h8H,6-7,11H2,1-5H3/t8-/m0/s1. The minimum Gasteiger partial charge on any atom is -0.344 e. The van der Waals surface area contributed by atoms with Gasteiger partial charge >= 0.3 is 0 Å². The zero-order chi connectivity index (χ0) is 10.6. The molecule has 0 aromatic rings. The highest BCUT2D eigenvalue weighted by Crippen LogP contribution is 2.18. The summed E-state index contributed by atoms with van der Waals surface area (Å²) in [5.41, 5.74) is 5.68. The second-order valence-corrected chi connectivity index (χ2v) is 4.60. The van der Waals surface area contributed by atoms with Crippen LogP contribution >= 0.6 is 0 Å². The third kappa shape index (κ3) is 3.77. The zero-order valence-electron chi connectivity index (χ0n) is 9.42. The Morgan fingerprint density at radius 1 is 1.46 bits per heavy atom. The molecule has 0 rings (SSSR count). The highest BCUT2D eigenvalue weighted by atomic mass is 16.2. The Balaban J connectivity index is 4.26. The third-order valence-electron chi connectivity index (χ3n) is 2.13. The van der Waals surface area contributed by atoms with Crippen molar-refractivity contribution in [2.24, 2.45) is 11.1 Å². The van der Waals surface area contributed by atoms with E-state index in [-0.39, 0.29) is 11.3 Å². The van der Waals surface area contributed by atoms with Gasteiger partial charge in [0.1, 0.15) is 0 Å². The van der Waals surface area contributed by atoms with Crippen LogP contribution in [0.25, 0.3) is 0 Å². The van der Waals surface area contributed by atoms with E-state index >= 15 is 0 Å². The van der Waals surface area contributed by atoms with Gasteiger partial charge in [0.05, 0.1) is 6.04 Å². The first kappa shape index (κ1) is 12.4. The second-order valence-electron chi connectivity index (χ2n) is 4.60. The van der Waals surface area contributed by atoms with Crippen molar-refractivity contribution in [3.8, 4) is 0 Å². The molecule has 13 heavy (non-hydrogen) atoms. The van der Waals surface area contributed by atoms with Crippen molar-refractivity contribution in [2.75, 3.05) is 13.6 Å². The fourth-order valence-corrected chi connectivity index (χ4v) is 1.05. The Hall–Kier alpha value is -0.570. The molecule has 0 aliphatic carbocycles. The molecule has 0 aliphatic rings. The minimum absolute atomic E-state index is 0.0364. The number of carbonyl (C=O) groups is 1. The van der Waals surface area contributed by atoms with Gasteiger partial charge in [-0.05, 0) is 11.8 Å². The molecule has 0 heterocycles. The van der Waals surface area contributed by atoms with Crippen molar-refractivity contribution in [2.45, 2.75) is 40.2 Å². The summed E-state index contributed by atoms with van der Waals surface area (Å²) in [4.78, 5) is 13.4. The lowest BCUT2D eigenvalue weighted by Crippen LogP contribution is -2.49. The number of nitrogens with two attached hydrogens (primary N) is 1. The van der Waals surface area contributed by atoms with Crippen LogP contribution in [-0.4, -0.2) is 30.4 Å². The summed E-state index contributed by atoms with van der Waals surface area (Å²) in [6, 6.07) is -0.399. The van der Waals surface area contributed by atoms with E-state index < -0.39 is 6.04 Å². The van der Waals surface area contributed by atoms with Crippen LogP contribution in [0.3, 0.4) is 0 Å². The number of hydrogen-bond donors (Lipinski definition) is 1. The van der Waals surface area contributed by atoms with E-state index in [4.69, 9.17) is 5.73 Å². The fraction of sp³-hybridized carbons (Fsp3) is 0.900. The summed E-state index contributed by atoms with van der Waals surface area (Å²) in [5, 5.41) is 0. The molecule has 0 aromatic heterocycles. The first-order chi connectivity index (χ1) is 5.80. The molecule has 0 bridgehead atoms. The van der Waals surface area contributed by atoms with Crippen LogP contribution in [0.2, 0.25) is 0 Å². The SMILES string of the molecule is CCCN(C)C(=O)[C@H](N)C(C)(C)C. The van der Waals surface area contributed by atoms with Crippen molar-refractivity contribution in [3.63, 3.8) is 0 Å². The van der Waals surface area contributed by atoms with E-state index in [9.17, 15) is 4.79 Å². The summed E-state index contributed by atoms with van der Waals surface area (Å²) in [6.45, 7) is 8.77. The van der Waals surface area contributed by atoms with Crippen molar-refractivity contribution in [1.82, 2.24) is 4.90 Å². The molecule has 0 unspecified atom stereocenters. The minimum atomic E-state index is -0.399. The van der Waals surface area contributed by atoms with E-state index in [2.05, 4.69) is 0 Å². The Morgan fingerprint density at radius 2 is 1.92 bits per heavy atom. The average molecular weight is 186 g/mol. The maximum atomic E-state index is 11.7. The normalized spacial score (nSPS) is 14.0. The molecule has 0 fully saturated rings. The monoisotopic (exact) mass is 186 g/mol. The van der Waals surface area contributed by atoms with Gasteiger partial charge in [-0.15, -0.1) is 0 Å². The second kappa shape index (κ2) is 4.61. The van der Waals surface area contributed by atoms with Crippen molar-refractivity contribution in [1.29, 1.82) is 0 Å². The predicted octanol–water partition coefficient (Wildman–Crippen LogP) is 1.23. The van der Waals surface area contributed by atoms with Crippen LogP contribution in [0.5, 0.6) is 0 Å². The number of likely N-dealkylation sites (N-methyl/N-ethyl adjacent to an activating group) is 1. The number of nitrogens with zero attached hydrogens (tertiary/aromatic N) is 1. The summed E-state index contributed by atoms with van der Waals surface area (Å²) < 4.78 is 0. The average Bonchev–Trinajstić information content (AvgIpc) is 2.00. The maximum absolute atomic E-state index is 11.7. The fourth-order valence-electron chi connectivity index (χ4n) is 1.05. The van der Waals surface area contributed by atoms with Gasteiger partial charge in [-0.3, -0.25) is 4.79 Å². The zero-order valence-corrected chi connectivity index (χ0v) is 9.42. The summed E-state index contributed by atoms with van der Waals surface area (Å²) in [5.74, 6) is 0.0364.